The van der Waals surface area contributed by atoms with Gasteiger partial charge in [0.2, 0.25) is 0 Å². The zero-order valence-corrected chi connectivity index (χ0v) is 14.3. The van der Waals surface area contributed by atoms with Crippen molar-refractivity contribution in [2.45, 2.75) is 50.5 Å². The van der Waals surface area contributed by atoms with Crippen LogP contribution in [0.4, 0.5) is 0 Å². The predicted octanol–water partition coefficient (Wildman–Crippen LogP) is 2.45. The van der Waals surface area contributed by atoms with E-state index in [-0.39, 0.29) is 10.6 Å². The number of nitrogens with zero attached hydrogens (tertiary/aromatic N) is 2. The molecule has 0 saturated heterocycles. The number of hydrogen-bond acceptors (Lipinski definition) is 5. The Morgan fingerprint density at radius 1 is 1.32 bits per heavy atom. The molecule has 0 atom stereocenters. The number of H-pyrrole nitrogens is 1. The van der Waals surface area contributed by atoms with Crippen LogP contribution in [0.1, 0.15) is 26.5 Å². The molecule has 5 nitrogen and oxygen atoms in total. The highest BCUT2D eigenvalue weighted by Crippen LogP contribution is 2.36. The van der Waals surface area contributed by atoms with Gasteiger partial charge in [-0.15, -0.1) is 10.2 Å². The average Bonchev–Trinajstić information content (AvgIpc) is 2.29. The predicted molar refractivity (Wildman–Crippen MR) is 81.3 cm³/mol. The smallest absolute Gasteiger partial charge is 0.273 e. The second-order valence-electron chi connectivity index (χ2n) is 5.97. The van der Waals surface area contributed by atoms with E-state index in [0.717, 1.165) is 0 Å². The van der Waals surface area contributed by atoms with Gasteiger partial charge in [-0.2, -0.15) is 0 Å². The lowest BCUT2D eigenvalue weighted by Crippen LogP contribution is -2.41. The first-order chi connectivity index (χ1) is 8.67. The van der Waals surface area contributed by atoms with Crippen molar-refractivity contribution >= 4 is 20.1 Å². The normalized spacial score (nSPS) is 12.7. The van der Waals surface area contributed by atoms with Crippen LogP contribution in [0.5, 0.6) is 0 Å². The molecule has 19 heavy (non-hydrogen) atoms. The second-order valence-corrected chi connectivity index (χ2v) is 11.6. The van der Waals surface area contributed by atoms with Gasteiger partial charge < -0.3 is 4.43 Å². The van der Waals surface area contributed by atoms with Gasteiger partial charge in [-0.3, -0.25) is 9.78 Å². The molecule has 0 saturated carbocycles. The Labute approximate surface area is 119 Å². The topological polar surface area (TPSA) is 67.9 Å². The molecule has 0 radical (unpaired) electrons. The molecule has 0 aliphatic carbocycles. The highest BCUT2D eigenvalue weighted by molar-refractivity contribution is 7.98. The molecule has 0 amide bonds. The third-order valence-electron chi connectivity index (χ3n) is 3.55. The Bertz CT molecular complexity index is 483. The van der Waals surface area contributed by atoms with Crippen molar-refractivity contribution in [1.29, 1.82) is 0 Å². The maximum absolute atomic E-state index is 11.7. The fourth-order valence-electron chi connectivity index (χ4n) is 1.22. The van der Waals surface area contributed by atoms with Crippen LogP contribution in [0, 0.1) is 0 Å². The maximum atomic E-state index is 11.7. The number of thioether (sulfide) groups is 1. The van der Waals surface area contributed by atoms with Crippen molar-refractivity contribution in [3.05, 3.63) is 16.0 Å². The van der Waals surface area contributed by atoms with Crippen molar-refractivity contribution < 1.29 is 4.43 Å². The summed E-state index contributed by atoms with van der Waals surface area (Å²) in [5.74, 6) is 0. The van der Waals surface area contributed by atoms with E-state index in [4.69, 9.17) is 4.43 Å². The first kappa shape index (κ1) is 16.4. The van der Waals surface area contributed by atoms with E-state index in [0.29, 0.717) is 23.9 Å². The van der Waals surface area contributed by atoms with Gasteiger partial charge in [0.05, 0.1) is 0 Å². The second kappa shape index (κ2) is 6.19. The van der Waals surface area contributed by atoms with Crippen LogP contribution in [-0.2, 0) is 10.8 Å². The summed E-state index contributed by atoms with van der Waals surface area (Å²) in [7, 11) is -1.76. The van der Waals surface area contributed by atoms with E-state index in [1.807, 2.05) is 6.26 Å². The minimum atomic E-state index is -1.76. The molecule has 1 N–H and O–H groups in total. The third kappa shape index (κ3) is 4.43. The fraction of sp³-hybridized carbons (Fsp3) is 0.750. The quantitative estimate of drug-likeness (QED) is 0.668. The molecule has 1 heterocycles. The third-order valence-corrected chi connectivity index (χ3v) is 8.65. The van der Waals surface area contributed by atoms with Gasteiger partial charge in [0, 0.05) is 13.0 Å². The summed E-state index contributed by atoms with van der Waals surface area (Å²) in [5, 5.41) is 8.60. The molecule has 1 rings (SSSR count). The molecule has 1 aromatic rings. The van der Waals surface area contributed by atoms with Crippen LogP contribution in [-0.4, -0.2) is 36.4 Å². The highest BCUT2D eigenvalue weighted by atomic mass is 32.2. The van der Waals surface area contributed by atoms with Crippen LogP contribution in [0.25, 0.3) is 0 Å². The number of hydrogen-bond donors (Lipinski definition) is 1. The number of aromatic amines is 1. The van der Waals surface area contributed by atoms with Crippen LogP contribution in [0.3, 0.4) is 0 Å². The fourth-order valence-corrected chi connectivity index (χ4v) is 2.58. The Kier molecular flexibility index (Phi) is 5.34. The zero-order chi connectivity index (χ0) is 14.7. The van der Waals surface area contributed by atoms with Gasteiger partial charge in [0.1, 0.15) is 5.69 Å². The summed E-state index contributed by atoms with van der Waals surface area (Å²) >= 11 is 1.37. The lowest BCUT2D eigenvalue weighted by Gasteiger charge is -2.36. The summed E-state index contributed by atoms with van der Waals surface area (Å²) in [6.45, 7) is 11.5. The van der Waals surface area contributed by atoms with Crippen molar-refractivity contribution in [3.63, 3.8) is 0 Å². The van der Waals surface area contributed by atoms with Crippen molar-refractivity contribution in [2.24, 2.45) is 0 Å². The molecule has 0 fully saturated rings. The Hall–Kier alpha value is -0.663. The van der Waals surface area contributed by atoms with Crippen molar-refractivity contribution in [3.8, 4) is 0 Å². The molecular weight excluding hydrogens is 278 g/mol. The molecule has 0 bridgehead atoms. The summed E-state index contributed by atoms with van der Waals surface area (Å²) in [6.07, 6.45) is 2.35. The van der Waals surface area contributed by atoms with Gasteiger partial charge in [-0.1, -0.05) is 32.5 Å². The summed E-state index contributed by atoms with van der Waals surface area (Å²) in [6, 6.07) is 0. The Balaban J connectivity index is 2.62. The van der Waals surface area contributed by atoms with Gasteiger partial charge >= 0.3 is 0 Å². The molecule has 0 aromatic carbocycles. The lowest BCUT2D eigenvalue weighted by molar-refractivity contribution is 0.289. The molecule has 1 aromatic heterocycles. The van der Waals surface area contributed by atoms with E-state index in [9.17, 15) is 4.79 Å². The Morgan fingerprint density at radius 2 is 1.95 bits per heavy atom. The van der Waals surface area contributed by atoms with E-state index >= 15 is 0 Å². The number of nitrogens with one attached hydrogen (secondary N) is 1. The number of rotatable bonds is 5. The molecular formula is C12H23N3O2SSi. The molecule has 7 heteroatoms. The van der Waals surface area contributed by atoms with Crippen LogP contribution in [0.15, 0.2) is 9.95 Å². The summed E-state index contributed by atoms with van der Waals surface area (Å²) < 4.78 is 6.02. The monoisotopic (exact) mass is 301 g/mol. The van der Waals surface area contributed by atoms with Gasteiger partial charge in [-0.25, -0.2) is 0 Å². The van der Waals surface area contributed by atoms with Crippen LogP contribution >= 0.6 is 11.8 Å². The van der Waals surface area contributed by atoms with Crippen molar-refractivity contribution in [1.82, 2.24) is 15.2 Å². The van der Waals surface area contributed by atoms with E-state index < -0.39 is 8.32 Å². The largest absolute Gasteiger partial charge is 0.416 e. The summed E-state index contributed by atoms with van der Waals surface area (Å²) in [4.78, 5) is 14.4. The molecule has 0 unspecified atom stereocenters. The van der Waals surface area contributed by atoms with E-state index in [1.165, 1.54) is 11.8 Å². The summed E-state index contributed by atoms with van der Waals surface area (Å²) in [5.41, 5.74) is 0.273. The van der Waals surface area contributed by atoms with Crippen molar-refractivity contribution in [2.75, 3.05) is 12.9 Å². The van der Waals surface area contributed by atoms with Gasteiger partial charge in [0.15, 0.2) is 13.5 Å². The van der Waals surface area contributed by atoms with Gasteiger partial charge in [-0.05, 0) is 24.4 Å². The van der Waals surface area contributed by atoms with E-state index in [1.54, 1.807) is 0 Å². The van der Waals surface area contributed by atoms with E-state index in [2.05, 4.69) is 49.0 Å². The standard InChI is InChI=1S/C12H23N3O2SSi/c1-12(2,3)19(5,6)17-8-7-9-10(16)13-11(18-4)15-14-9/h7-8H2,1-6H3,(H,13,15,16). The molecule has 0 aliphatic heterocycles. The molecule has 0 spiro atoms. The first-order valence-electron chi connectivity index (χ1n) is 6.31. The van der Waals surface area contributed by atoms with Gasteiger partial charge in [0.25, 0.3) is 5.56 Å². The Morgan fingerprint density at radius 3 is 2.42 bits per heavy atom. The molecule has 108 valence electrons. The SMILES string of the molecule is CSc1nnc(CCO[Si](C)(C)C(C)(C)C)c(=O)[nH]1. The average molecular weight is 301 g/mol. The minimum Gasteiger partial charge on any atom is -0.416 e. The first-order valence-corrected chi connectivity index (χ1v) is 10.4. The number of aromatic nitrogens is 3. The zero-order valence-electron chi connectivity index (χ0n) is 12.5. The lowest BCUT2D eigenvalue weighted by atomic mass is 10.2. The maximum Gasteiger partial charge on any atom is 0.273 e. The van der Waals surface area contributed by atoms with Crippen LogP contribution in [0.2, 0.25) is 18.1 Å². The molecule has 0 aliphatic rings. The highest BCUT2D eigenvalue weighted by Gasteiger charge is 2.36. The minimum absolute atomic E-state index is 0.168. The van der Waals surface area contributed by atoms with Crippen LogP contribution < -0.4 is 5.56 Å².